The molecule has 1 fully saturated rings. The molecule has 1 aromatic heterocycles. The van der Waals surface area contributed by atoms with Gasteiger partial charge in [-0.2, -0.15) is 0 Å². The van der Waals surface area contributed by atoms with Crippen LogP contribution >= 0.6 is 11.3 Å². The summed E-state index contributed by atoms with van der Waals surface area (Å²) in [5, 5.41) is 16.2. The van der Waals surface area contributed by atoms with Gasteiger partial charge in [-0.1, -0.05) is 68.7 Å². The van der Waals surface area contributed by atoms with Crippen LogP contribution in [-0.4, -0.2) is 34.5 Å². The molecular weight excluding hydrogens is 500 g/mol. The molecule has 1 aliphatic carbocycles. The number of benzene rings is 2. The molecule has 1 saturated carbocycles. The summed E-state index contributed by atoms with van der Waals surface area (Å²) in [5.74, 6) is -2.31. The molecule has 4 rings (SSSR count). The van der Waals surface area contributed by atoms with Gasteiger partial charge in [-0.25, -0.2) is 9.78 Å². The van der Waals surface area contributed by atoms with Crippen molar-refractivity contribution < 1.29 is 19.1 Å². The Balaban J connectivity index is 1.32. The van der Waals surface area contributed by atoms with E-state index in [9.17, 15) is 14.4 Å². The average molecular weight is 533 g/mol. The lowest BCUT2D eigenvalue weighted by molar-refractivity contribution is -0.137. The van der Waals surface area contributed by atoms with Gasteiger partial charge in [0.05, 0.1) is 11.6 Å². The largest absolute Gasteiger partial charge is 0.456 e. The van der Waals surface area contributed by atoms with E-state index in [4.69, 9.17) is 10.1 Å². The molecule has 0 saturated heterocycles. The molecule has 38 heavy (non-hydrogen) atoms. The highest BCUT2D eigenvalue weighted by Crippen LogP contribution is 2.26. The van der Waals surface area contributed by atoms with Gasteiger partial charge >= 0.3 is 5.97 Å². The number of carbonyl (C=O) groups is 3. The van der Waals surface area contributed by atoms with Gasteiger partial charge < -0.3 is 15.4 Å². The van der Waals surface area contributed by atoms with Crippen LogP contribution in [0.1, 0.15) is 61.4 Å². The number of esters is 1. The number of anilines is 1. The van der Waals surface area contributed by atoms with E-state index in [0.717, 1.165) is 36.8 Å². The fraction of sp³-hybridized carbons (Fsp3) is 0.345. The third-order valence-electron chi connectivity index (χ3n) is 6.62. The number of hydrogen-bond acceptors (Lipinski definition) is 7. The molecular formula is C29H32N4O4S. The quantitative estimate of drug-likeness (QED) is 0.232. The highest BCUT2D eigenvalue weighted by atomic mass is 32.1. The first-order valence-corrected chi connectivity index (χ1v) is 13.8. The Morgan fingerprint density at radius 2 is 1.76 bits per heavy atom. The Hall–Kier alpha value is -3.85. The molecule has 8 nitrogen and oxygen atoms in total. The molecule has 1 heterocycles. The van der Waals surface area contributed by atoms with Crippen molar-refractivity contribution in [2.45, 2.75) is 58.1 Å². The molecule has 1 atom stereocenters. The van der Waals surface area contributed by atoms with E-state index in [0.29, 0.717) is 16.4 Å². The van der Waals surface area contributed by atoms with Gasteiger partial charge in [-0.15, -0.1) is 11.3 Å². The van der Waals surface area contributed by atoms with Gasteiger partial charge in [0.15, 0.2) is 5.13 Å². The number of carbonyl (C=O) groups excluding carboxylic acids is 3. The van der Waals surface area contributed by atoms with E-state index in [1.807, 2.05) is 47.8 Å². The number of thiazole rings is 1. The van der Waals surface area contributed by atoms with Crippen molar-refractivity contribution in [1.82, 2.24) is 10.3 Å². The predicted molar refractivity (Wildman–Crippen MR) is 148 cm³/mol. The van der Waals surface area contributed by atoms with Crippen LogP contribution in [0.5, 0.6) is 0 Å². The monoisotopic (exact) mass is 532 g/mol. The number of aromatic nitrogens is 1. The second kappa shape index (κ2) is 13.1. The highest BCUT2D eigenvalue weighted by Gasteiger charge is 2.28. The van der Waals surface area contributed by atoms with Crippen molar-refractivity contribution >= 4 is 40.0 Å². The second-order valence-electron chi connectivity index (χ2n) is 9.35. The summed E-state index contributed by atoms with van der Waals surface area (Å²) in [5.41, 5.74) is 2.50. The molecule has 1 unspecified atom stereocenters. The van der Waals surface area contributed by atoms with Gasteiger partial charge in [0.2, 0.25) is 5.91 Å². The summed E-state index contributed by atoms with van der Waals surface area (Å²) in [7, 11) is 0. The molecule has 0 aliphatic heterocycles. The van der Waals surface area contributed by atoms with Crippen LogP contribution in [0.2, 0.25) is 0 Å². The van der Waals surface area contributed by atoms with Crippen molar-refractivity contribution in [1.29, 1.82) is 5.41 Å². The molecule has 3 aromatic rings. The Bertz CT molecular complexity index is 1270. The Morgan fingerprint density at radius 3 is 2.45 bits per heavy atom. The maximum Gasteiger partial charge on any atom is 0.353 e. The van der Waals surface area contributed by atoms with Crippen LogP contribution in [0, 0.1) is 11.3 Å². The van der Waals surface area contributed by atoms with Crippen LogP contribution in [0.15, 0.2) is 60.0 Å². The van der Waals surface area contributed by atoms with Gasteiger partial charge in [0.1, 0.15) is 12.3 Å². The van der Waals surface area contributed by atoms with Gasteiger partial charge in [0.25, 0.3) is 5.91 Å². The van der Waals surface area contributed by atoms with Crippen LogP contribution in [0.3, 0.4) is 0 Å². The molecule has 2 aromatic carbocycles. The third kappa shape index (κ3) is 7.13. The van der Waals surface area contributed by atoms with Crippen LogP contribution in [0.25, 0.3) is 11.3 Å². The third-order valence-corrected chi connectivity index (χ3v) is 7.38. The van der Waals surface area contributed by atoms with Gasteiger partial charge in [0, 0.05) is 22.5 Å². The summed E-state index contributed by atoms with van der Waals surface area (Å²) in [6.45, 7) is 1.78. The predicted octanol–water partition coefficient (Wildman–Crippen LogP) is 5.60. The SMILES string of the molecule is CCC(C(=N)C(=O)OCc1ccccc1)C(=O)Nc1nc(-c2ccc(C(=O)NC3CCCCC3)cc2)cs1. The molecule has 9 heteroatoms. The van der Waals surface area contributed by atoms with E-state index < -0.39 is 17.8 Å². The van der Waals surface area contributed by atoms with Crippen LogP contribution in [0.4, 0.5) is 5.13 Å². The molecule has 198 valence electrons. The molecule has 0 radical (unpaired) electrons. The summed E-state index contributed by atoms with van der Waals surface area (Å²) >= 11 is 1.25. The summed E-state index contributed by atoms with van der Waals surface area (Å²) in [6.07, 6.45) is 5.89. The standard InChI is InChI=1S/C29H32N4O4S/c1-2-23(25(30)28(36)37-17-19-9-5-3-6-10-19)27(35)33-29-32-24(18-38-29)20-13-15-21(16-14-20)26(34)31-22-11-7-4-8-12-22/h3,5-6,9-10,13-16,18,22-23,30H,2,4,7-8,11-12,17H2,1H3,(H,31,34)(H,32,33,35). The first-order chi connectivity index (χ1) is 18.4. The van der Waals surface area contributed by atoms with E-state index in [1.54, 1.807) is 19.1 Å². The zero-order valence-corrected chi connectivity index (χ0v) is 22.2. The van der Waals surface area contributed by atoms with Crippen molar-refractivity contribution in [3.05, 3.63) is 71.1 Å². The van der Waals surface area contributed by atoms with Crippen molar-refractivity contribution in [2.24, 2.45) is 5.92 Å². The summed E-state index contributed by atoms with van der Waals surface area (Å²) in [4.78, 5) is 42.3. The first-order valence-electron chi connectivity index (χ1n) is 12.9. The number of nitrogens with zero attached hydrogens (tertiary/aromatic N) is 1. The lowest BCUT2D eigenvalue weighted by Gasteiger charge is -2.22. The Morgan fingerprint density at radius 1 is 1.05 bits per heavy atom. The molecule has 1 aliphatic rings. The molecule has 0 spiro atoms. The zero-order chi connectivity index (χ0) is 26.9. The smallest absolute Gasteiger partial charge is 0.353 e. The van der Waals surface area contributed by atoms with Crippen LogP contribution in [-0.2, 0) is 20.9 Å². The van der Waals surface area contributed by atoms with Gasteiger partial charge in [-0.05, 0) is 37.0 Å². The molecule has 3 N–H and O–H groups in total. The number of ether oxygens (including phenoxy) is 1. The topological polar surface area (TPSA) is 121 Å². The maximum atomic E-state index is 12.9. The normalized spacial score (nSPS) is 14.3. The number of amides is 2. The minimum absolute atomic E-state index is 0.0387. The average Bonchev–Trinajstić information content (AvgIpc) is 3.41. The van der Waals surface area contributed by atoms with Gasteiger partial charge in [-0.3, -0.25) is 15.0 Å². The Kier molecular flexibility index (Phi) is 9.37. The van der Waals surface area contributed by atoms with Crippen molar-refractivity contribution in [2.75, 3.05) is 5.32 Å². The fourth-order valence-electron chi connectivity index (χ4n) is 4.43. The summed E-state index contributed by atoms with van der Waals surface area (Å²) in [6, 6.07) is 16.7. The van der Waals surface area contributed by atoms with Crippen LogP contribution < -0.4 is 10.6 Å². The number of rotatable bonds is 10. The van der Waals surface area contributed by atoms with E-state index in [-0.39, 0.29) is 30.7 Å². The molecule has 0 bridgehead atoms. The molecule has 2 amide bonds. The minimum Gasteiger partial charge on any atom is -0.456 e. The zero-order valence-electron chi connectivity index (χ0n) is 21.4. The lowest BCUT2D eigenvalue weighted by atomic mass is 9.95. The summed E-state index contributed by atoms with van der Waals surface area (Å²) < 4.78 is 5.22. The first kappa shape index (κ1) is 27.2. The number of hydrogen-bond donors (Lipinski definition) is 3. The lowest BCUT2D eigenvalue weighted by Crippen LogP contribution is -2.36. The van der Waals surface area contributed by atoms with E-state index in [1.165, 1.54) is 17.8 Å². The maximum absolute atomic E-state index is 12.9. The Labute approximate surface area is 226 Å². The van der Waals surface area contributed by atoms with Crippen molar-refractivity contribution in [3.8, 4) is 11.3 Å². The van der Waals surface area contributed by atoms with Crippen molar-refractivity contribution in [3.63, 3.8) is 0 Å². The second-order valence-corrected chi connectivity index (χ2v) is 10.2. The van der Waals surface area contributed by atoms with E-state index in [2.05, 4.69) is 15.6 Å². The highest BCUT2D eigenvalue weighted by molar-refractivity contribution is 7.14. The fourth-order valence-corrected chi connectivity index (χ4v) is 5.15. The van der Waals surface area contributed by atoms with E-state index >= 15 is 0 Å². The minimum atomic E-state index is -0.951. The number of nitrogens with one attached hydrogen (secondary N) is 3.